The smallest absolute Gasteiger partial charge is 0.379 e. The van der Waals surface area contributed by atoms with Crippen LogP contribution in [-0.4, -0.2) is 19.2 Å². The second-order valence-corrected chi connectivity index (χ2v) is 2.07. The average Bonchev–Trinajstić information content (AvgIpc) is 1.88. The first-order valence-electron chi connectivity index (χ1n) is 1.95. The Morgan fingerprint density at radius 1 is 1.57 bits per heavy atom. The van der Waals surface area contributed by atoms with Crippen LogP contribution >= 0.6 is 11.6 Å². The van der Waals surface area contributed by atoms with Gasteiger partial charge in [-0.3, -0.25) is 0 Å². The fourth-order valence-corrected chi connectivity index (χ4v) is 0.808. The molecule has 3 heterocycles. The van der Waals surface area contributed by atoms with Gasteiger partial charge >= 0.3 is 7.32 Å². The first kappa shape index (κ1) is 4.15. The van der Waals surface area contributed by atoms with E-state index < -0.39 is 12.6 Å². The second kappa shape index (κ2) is 0.975. The number of halogens is 1. The summed E-state index contributed by atoms with van der Waals surface area (Å²) in [6.45, 7) is 0.346. The lowest BCUT2D eigenvalue weighted by atomic mass is 10.2. The molecule has 0 N–H and O–H groups in total. The van der Waals surface area contributed by atoms with Crippen LogP contribution < -0.4 is 0 Å². The molecule has 0 aromatic rings. The van der Waals surface area contributed by atoms with Gasteiger partial charge in [-0.1, -0.05) is 11.6 Å². The Bertz CT molecular complexity index is 95.6. The van der Waals surface area contributed by atoms with Gasteiger partial charge in [0.1, 0.15) is 6.61 Å². The van der Waals surface area contributed by atoms with E-state index in [4.69, 9.17) is 25.6 Å². The van der Waals surface area contributed by atoms with Crippen LogP contribution in [0.25, 0.3) is 0 Å². The summed E-state index contributed by atoms with van der Waals surface area (Å²) in [5.41, 5.74) is 0. The molecule has 3 nitrogen and oxygen atoms in total. The molecule has 0 aromatic heterocycles. The zero-order valence-electron chi connectivity index (χ0n) is 3.39. The molecule has 0 radical (unpaired) electrons. The lowest BCUT2D eigenvalue weighted by molar-refractivity contribution is -0.114. The summed E-state index contributed by atoms with van der Waals surface area (Å²) in [6, 6.07) is 0. The molecule has 38 valence electrons. The molecule has 0 aliphatic carbocycles. The fraction of sp³-hybridized carbons (Fsp3) is 1.00. The standard InChI is InChI=1S/C2H2BClO3/c4-2-1-5-3(6-2)7-2/h1H2. The molecule has 0 aromatic carbocycles. The highest BCUT2D eigenvalue weighted by Crippen LogP contribution is 2.38. The van der Waals surface area contributed by atoms with E-state index in [2.05, 4.69) is 0 Å². The number of alkyl halides is 1. The molecule has 5 heteroatoms. The summed E-state index contributed by atoms with van der Waals surface area (Å²) in [6.07, 6.45) is 0. The van der Waals surface area contributed by atoms with Crippen molar-refractivity contribution in [2.75, 3.05) is 6.61 Å². The molecule has 3 aliphatic heterocycles. The Morgan fingerprint density at radius 3 is 2.43 bits per heavy atom. The van der Waals surface area contributed by atoms with Crippen LogP contribution in [0.5, 0.6) is 0 Å². The monoisotopic (exact) mass is 120 g/mol. The van der Waals surface area contributed by atoms with Crippen LogP contribution in [0.3, 0.4) is 0 Å². The first-order chi connectivity index (χ1) is 3.29. The van der Waals surface area contributed by atoms with E-state index in [1.165, 1.54) is 0 Å². The van der Waals surface area contributed by atoms with E-state index in [0.717, 1.165) is 0 Å². The Balaban J connectivity index is 2.20. The molecule has 3 aliphatic rings. The Morgan fingerprint density at radius 2 is 2.29 bits per heavy atom. The minimum Gasteiger partial charge on any atom is -0.379 e. The van der Waals surface area contributed by atoms with E-state index in [0.29, 0.717) is 6.61 Å². The predicted molar refractivity (Wildman–Crippen MR) is 22.5 cm³/mol. The van der Waals surface area contributed by atoms with Crippen LogP contribution in [0.2, 0.25) is 0 Å². The average molecular weight is 120 g/mol. The van der Waals surface area contributed by atoms with Crippen molar-refractivity contribution >= 4 is 18.9 Å². The summed E-state index contributed by atoms with van der Waals surface area (Å²) < 4.78 is 14.3. The highest BCUT2D eigenvalue weighted by atomic mass is 35.5. The summed E-state index contributed by atoms with van der Waals surface area (Å²) in [5.74, 6) is 0. The molecule has 7 heavy (non-hydrogen) atoms. The van der Waals surface area contributed by atoms with E-state index in [1.807, 2.05) is 0 Å². The molecule has 3 saturated heterocycles. The van der Waals surface area contributed by atoms with Crippen LogP contribution in [0.1, 0.15) is 0 Å². The Hall–Kier alpha value is 0.235. The molecule has 2 bridgehead atoms. The number of rotatable bonds is 0. The van der Waals surface area contributed by atoms with Crippen LogP contribution in [-0.2, 0) is 14.0 Å². The number of fused-ring (bicyclic) bond motifs is 1. The van der Waals surface area contributed by atoms with Crippen molar-refractivity contribution < 1.29 is 14.0 Å². The maximum absolute atomic E-state index is 5.46. The zero-order chi connectivity index (χ0) is 4.91. The van der Waals surface area contributed by atoms with E-state index in [-0.39, 0.29) is 0 Å². The van der Waals surface area contributed by atoms with E-state index in [9.17, 15) is 0 Å². The van der Waals surface area contributed by atoms with Gasteiger partial charge < -0.3 is 14.0 Å². The van der Waals surface area contributed by atoms with Gasteiger partial charge in [0.05, 0.1) is 0 Å². The maximum Gasteiger partial charge on any atom is 0.645 e. The molecule has 0 spiro atoms. The third-order valence-electron chi connectivity index (χ3n) is 0.936. The topological polar surface area (TPSA) is 27.7 Å². The minimum atomic E-state index is -0.912. The molecule has 3 fully saturated rings. The van der Waals surface area contributed by atoms with Crippen LogP contribution in [0.15, 0.2) is 0 Å². The highest BCUT2D eigenvalue weighted by molar-refractivity contribution is 6.45. The van der Waals surface area contributed by atoms with Gasteiger partial charge in [-0.05, 0) is 0 Å². The van der Waals surface area contributed by atoms with Gasteiger partial charge in [0.2, 0.25) is 0 Å². The molecule has 3 rings (SSSR count). The molecule has 0 atom stereocenters. The normalized spacial score (nSPS) is 33.0. The third kappa shape index (κ3) is 0.424. The third-order valence-corrected chi connectivity index (χ3v) is 1.22. The van der Waals surface area contributed by atoms with Crippen LogP contribution in [0, 0.1) is 0 Å². The number of hydrogen-bond donors (Lipinski definition) is 0. The van der Waals surface area contributed by atoms with Crippen molar-refractivity contribution in [1.29, 1.82) is 0 Å². The maximum atomic E-state index is 5.46. The van der Waals surface area contributed by atoms with E-state index in [1.54, 1.807) is 0 Å². The largest absolute Gasteiger partial charge is 0.645 e. The van der Waals surface area contributed by atoms with Gasteiger partial charge in [0.25, 0.3) is 5.25 Å². The van der Waals surface area contributed by atoms with Crippen molar-refractivity contribution in [3.8, 4) is 0 Å². The lowest BCUT2D eigenvalue weighted by Gasteiger charge is -2.26. The molecular weight excluding hydrogens is 118 g/mol. The van der Waals surface area contributed by atoms with E-state index >= 15 is 0 Å². The summed E-state index contributed by atoms with van der Waals surface area (Å²) >= 11 is 5.46. The van der Waals surface area contributed by atoms with Crippen molar-refractivity contribution in [3.63, 3.8) is 0 Å². The van der Waals surface area contributed by atoms with Gasteiger partial charge in [0.15, 0.2) is 0 Å². The molecule has 0 unspecified atom stereocenters. The van der Waals surface area contributed by atoms with Crippen molar-refractivity contribution in [2.24, 2.45) is 0 Å². The first-order valence-corrected chi connectivity index (χ1v) is 2.32. The van der Waals surface area contributed by atoms with Crippen molar-refractivity contribution in [1.82, 2.24) is 0 Å². The highest BCUT2D eigenvalue weighted by Gasteiger charge is 2.59. The van der Waals surface area contributed by atoms with Crippen LogP contribution in [0.4, 0.5) is 0 Å². The Labute approximate surface area is 45.7 Å². The van der Waals surface area contributed by atoms with Crippen molar-refractivity contribution in [2.45, 2.75) is 5.25 Å². The number of hydrogen-bond acceptors (Lipinski definition) is 3. The predicted octanol–water partition coefficient (Wildman–Crippen LogP) is -0.0591. The summed E-state index contributed by atoms with van der Waals surface area (Å²) in [5, 5.41) is -0.912. The zero-order valence-corrected chi connectivity index (χ0v) is 4.14. The van der Waals surface area contributed by atoms with Gasteiger partial charge in [-0.15, -0.1) is 0 Å². The second-order valence-electron chi connectivity index (χ2n) is 1.50. The van der Waals surface area contributed by atoms with Gasteiger partial charge in [0, 0.05) is 0 Å². The minimum absolute atomic E-state index is 0.346. The molecular formula is C2H2BClO3. The Kier molecular flexibility index (Phi) is 0.578. The quantitative estimate of drug-likeness (QED) is 0.331. The fourth-order valence-electron chi connectivity index (χ4n) is 0.600. The van der Waals surface area contributed by atoms with Crippen molar-refractivity contribution in [3.05, 3.63) is 0 Å². The molecule has 0 saturated carbocycles. The summed E-state index contributed by atoms with van der Waals surface area (Å²) in [7, 11) is -0.475. The summed E-state index contributed by atoms with van der Waals surface area (Å²) in [4.78, 5) is 0. The van der Waals surface area contributed by atoms with Gasteiger partial charge in [-0.25, -0.2) is 0 Å². The van der Waals surface area contributed by atoms with Gasteiger partial charge in [-0.2, -0.15) is 0 Å². The molecule has 0 amide bonds. The SMILES string of the molecule is ClC12COB(O1)O2. The lowest BCUT2D eigenvalue weighted by Crippen LogP contribution is -2.44.